The molecule has 4 aliphatic carbocycles. The van der Waals surface area contributed by atoms with Crippen molar-refractivity contribution in [2.75, 3.05) is 6.61 Å². The van der Waals surface area contributed by atoms with Crippen molar-refractivity contribution in [3.8, 4) is 0 Å². The fourth-order valence-corrected chi connectivity index (χ4v) is 9.18. The zero-order chi connectivity index (χ0) is 20.5. The Kier molecular flexibility index (Phi) is 4.62. The third kappa shape index (κ3) is 3.02. The minimum absolute atomic E-state index is 0.406. The zero-order valence-electron chi connectivity index (χ0n) is 18.7. The van der Waals surface area contributed by atoms with Gasteiger partial charge in [0.2, 0.25) is 0 Å². The molecule has 2 unspecified atom stereocenters. The summed E-state index contributed by atoms with van der Waals surface area (Å²) in [5.41, 5.74) is 0.0518. The Balaban J connectivity index is 1.17. The number of aliphatic hydroxyl groups is 1. The molecule has 1 saturated heterocycles. The molecular weight excluding hydrogens is 374 g/mol. The predicted molar refractivity (Wildman–Crippen MR) is 114 cm³/mol. The summed E-state index contributed by atoms with van der Waals surface area (Å²) < 4.78 is 8.24. The van der Waals surface area contributed by atoms with Crippen molar-refractivity contribution in [2.45, 2.75) is 89.9 Å². The molecule has 0 bridgehead atoms. The molecular formula is C25H39N3O2. The molecule has 10 atom stereocenters. The predicted octanol–water partition coefficient (Wildman–Crippen LogP) is 4.31. The van der Waals surface area contributed by atoms with E-state index in [1.807, 2.05) is 10.9 Å². The van der Waals surface area contributed by atoms with Crippen LogP contribution in [0.2, 0.25) is 0 Å². The number of aromatic nitrogens is 3. The summed E-state index contributed by atoms with van der Waals surface area (Å²) in [6, 6.07) is 0. The standard InChI is InChI=1S/C25H39N3O2/c1-24(29)9-7-18-16(13-24)3-4-20-19(18)8-10-25(2)21(20)5-6-22(25)23-17(15-30-23)14-28-12-11-26-27-28/h11-12,16-23,29H,3-10,13-15H2,1-2H3/t16-,17?,18+,19-,20-,21+,22-,23?,24-,25+/m1/s1. The van der Waals surface area contributed by atoms with Crippen molar-refractivity contribution in [3.05, 3.63) is 12.4 Å². The maximum Gasteiger partial charge on any atom is 0.0692 e. The first-order valence-electron chi connectivity index (χ1n) is 12.6. The maximum absolute atomic E-state index is 10.6. The van der Waals surface area contributed by atoms with Gasteiger partial charge in [-0.05, 0) is 106 Å². The van der Waals surface area contributed by atoms with Gasteiger partial charge in [0.1, 0.15) is 0 Å². The minimum Gasteiger partial charge on any atom is -0.390 e. The van der Waals surface area contributed by atoms with Gasteiger partial charge < -0.3 is 9.84 Å². The first-order valence-corrected chi connectivity index (χ1v) is 12.6. The normalized spacial score (nSPS) is 52.8. The van der Waals surface area contributed by atoms with Crippen molar-refractivity contribution in [2.24, 2.45) is 46.8 Å². The van der Waals surface area contributed by atoms with Crippen LogP contribution >= 0.6 is 0 Å². The molecule has 2 heterocycles. The molecule has 5 nitrogen and oxygen atoms in total. The third-order valence-corrected chi connectivity index (χ3v) is 10.6. The molecule has 0 radical (unpaired) electrons. The average Bonchev–Trinajstić information content (AvgIpc) is 3.32. The Bertz CT molecular complexity index is 764. The van der Waals surface area contributed by atoms with Crippen LogP contribution in [0.4, 0.5) is 0 Å². The van der Waals surface area contributed by atoms with E-state index in [9.17, 15) is 5.11 Å². The Morgan fingerprint density at radius 3 is 2.60 bits per heavy atom. The Morgan fingerprint density at radius 1 is 1.00 bits per heavy atom. The summed E-state index contributed by atoms with van der Waals surface area (Å²) in [4.78, 5) is 0. The summed E-state index contributed by atoms with van der Waals surface area (Å²) in [6.45, 7) is 6.54. The minimum atomic E-state index is -0.406. The maximum atomic E-state index is 10.6. The van der Waals surface area contributed by atoms with Crippen LogP contribution in [0.25, 0.3) is 0 Å². The quantitative estimate of drug-likeness (QED) is 0.802. The van der Waals surface area contributed by atoms with E-state index in [1.165, 1.54) is 44.9 Å². The summed E-state index contributed by atoms with van der Waals surface area (Å²) >= 11 is 0. The molecule has 6 rings (SSSR count). The van der Waals surface area contributed by atoms with Gasteiger partial charge in [0.05, 0.1) is 31.1 Å². The first kappa shape index (κ1) is 19.7. The highest BCUT2D eigenvalue weighted by Gasteiger charge is 2.60. The lowest BCUT2D eigenvalue weighted by molar-refractivity contribution is -0.182. The third-order valence-electron chi connectivity index (χ3n) is 10.6. The van der Waals surface area contributed by atoms with E-state index in [-0.39, 0.29) is 0 Å². The molecule has 1 aliphatic heterocycles. The van der Waals surface area contributed by atoms with Crippen LogP contribution < -0.4 is 0 Å². The van der Waals surface area contributed by atoms with Crippen LogP contribution in [0.3, 0.4) is 0 Å². The van der Waals surface area contributed by atoms with Gasteiger partial charge in [0.15, 0.2) is 0 Å². The topological polar surface area (TPSA) is 60.2 Å². The molecule has 0 spiro atoms. The van der Waals surface area contributed by atoms with Crippen LogP contribution in [0, 0.1) is 46.8 Å². The van der Waals surface area contributed by atoms with E-state index in [2.05, 4.69) is 24.2 Å². The molecule has 166 valence electrons. The Morgan fingerprint density at radius 2 is 1.83 bits per heavy atom. The second-order valence-electron chi connectivity index (χ2n) is 12.1. The van der Waals surface area contributed by atoms with E-state index >= 15 is 0 Å². The molecule has 5 aliphatic rings. The number of ether oxygens (including phenoxy) is 1. The van der Waals surface area contributed by atoms with Gasteiger partial charge in [0.25, 0.3) is 0 Å². The molecule has 5 fully saturated rings. The lowest BCUT2D eigenvalue weighted by atomic mass is 9.48. The molecule has 1 aromatic rings. The lowest BCUT2D eigenvalue weighted by Gasteiger charge is -2.58. The van der Waals surface area contributed by atoms with Crippen molar-refractivity contribution in [1.82, 2.24) is 15.0 Å². The molecule has 4 saturated carbocycles. The van der Waals surface area contributed by atoms with Gasteiger partial charge in [-0.15, -0.1) is 5.10 Å². The van der Waals surface area contributed by atoms with Gasteiger partial charge in [-0.3, -0.25) is 4.68 Å². The van der Waals surface area contributed by atoms with Crippen LogP contribution in [0.5, 0.6) is 0 Å². The summed E-state index contributed by atoms with van der Waals surface area (Å²) in [5, 5.41) is 18.8. The highest BCUT2D eigenvalue weighted by Crippen LogP contribution is 2.66. The van der Waals surface area contributed by atoms with Crippen molar-refractivity contribution in [1.29, 1.82) is 0 Å². The molecule has 1 aromatic heterocycles. The first-order chi connectivity index (χ1) is 14.4. The van der Waals surface area contributed by atoms with Crippen LogP contribution in [0.1, 0.15) is 71.6 Å². The fourth-order valence-electron chi connectivity index (χ4n) is 9.18. The van der Waals surface area contributed by atoms with Crippen LogP contribution in [-0.4, -0.2) is 38.4 Å². The number of hydrogen-bond acceptors (Lipinski definition) is 4. The average molecular weight is 414 g/mol. The molecule has 5 heteroatoms. The Hall–Kier alpha value is -0.940. The summed E-state index contributed by atoms with van der Waals surface area (Å²) in [5.74, 6) is 5.71. The van der Waals surface area contributed by atoms with E-state index < -0.39 is 5.60 Å². The van der Waals surface area contributed by atoms with Gasteiger partial charge in [-0.1, -0.05) is 12.1 Å². The van der Waals surface area contributed by atoms with Gasteiger partial charge in [-0.25, -0.2) is 0 Å². The van der Waals surface area contributed by atoms with E-state index in [0.29, 0.717) is 17.4 Å². The Labute approximate surface area is 180 Å². The number of rotatable bonds is 3. The number of fused-ring (bicyclic) bond motifs is 5. The lowest BCUT2D eigenvalue weighted by Crippen LogP contribution is -2.55. The summed E-state index contributed by atoms with van der Waals surface area (Å²) in [7, 11) is 0. The monoisotopic (exact) mass is 413 g/mol. The smallest absolute Gasteiger partial charge is 0.0692 e. The molecule has 0 aromatic carbocycles. The second kappa shape index (κ2) is 7.03. The van der Waals surface area contributed by atoms with E-state index in [0.717, 1.165) is 61.5 Å². The van der Waals surface area contributed by atoms with Gasteiger partial charge in [0, 0.05) is 12.1 Å². The van der Waals surface area contributed by atoms with Crippen LogP contribution in [-0.2, 0) is 11.3 Å². The van der Waals surface area contributed by atoms with Gasteiger partial charge >= 0.3 is 0 Å². The number of nitrogens with zero attached hydrogens (tertiary/aromatic N) is 3. The fraction of sp³-hybridized carbons (Fsp3) is 0.920. The molecule has 30 heavy (non-hydrogen) atoms. The van der Waals surface area contributed by atoms with Crippen LogP contribution in [0.15, 0.2) is 12.4 Å². The second-order valence-corrected chi connectivity index (χ2v) is 12.1. The molecule has 1 N–H and O–H groups in total. The van der Waals surface area contributed by atoms with E-state index in [1.54, 1.807) is 6.20 Å². The van der Waals surface area contributed by atoms with E-state index in [4.69, 9.17) is 4.74 Å². The van der Waals surface area contributed by atoms with Crippen molar-refractivity contribution < 1.29 is 9.84 Å². The number of hydrogen-bond donors (Lipinski definition) is 1. The highest BCUT2D eigenvalue weighted by molar-refractivity contribution is 5.09. The SMILES string of the molecule is C[C@@]1(O)CC[C@H]2[C@H](CC[C@@H]3[C@@H]2CC[C@]2(C)[C@@H](C4OCC4Cn4ccnn4)CC[C@@H]32)C1. The van der Waals surface area contributed by atoms with Crippen molar-refractivity contribution in [3.63, 3.8) is 0 Å². The highest BCUT2D eigenvalue weighted by atomic mass is 16.5. The zero-order valence-corrected chi connectivity index (χ0v) is 18.7. The van der Waals surface area contributed by atoms with Gasteiger partial charge in [-0.2, -0.15) is 0 Å². The van der Waals surface area contributed by atoms with Crippen molar-refractivity contribution >= 4 is 0 Å². The largest absolute Gasteiger partial charge is 0.390 e. The molecule has 0 amide bonds. The summed E-state index contributed by atoms with van der Waals surface area (Å²) in [6.07, 6.45) is 15.8.